The third kappa shape index (κ3) is 4.07. The molecule has 0 aliphatic heterocycles. The molecule has 102 valence electrons. The molecule has 0 heterocycles. The average Bonchev–Trinajstić information content (AvgIpc) is 2.24. The number of benzene rings is 1. The van der Waals surface area contributed by atoms with Crippen LogP contribution in [0.25, 0.3) is 0 Å². The molecule has 1 aromatic rings. The summed E-state index contributed by atoms with van der Waals surface area (Å²) in [5.74, 6) is 0. The summed E-state index contributed by atoms with van der Waals surface area (Å²) < 4.78 is 37.2. The van der Waals surface area contributed by atoms with Crippen molar-refractivity contribution in [3.63, 3.8) is 0 Å². The second-order valence-corrected chi connectivity index (χ2v) is 4.42. The van der Waals surface area contributed by atoms with Gasteiger partial charge < -0.3 is 10.0 Å². The Hall–Kier alpha value is -0.940. The second-order valence-electron chi connectivity index (χ2n) is 4.02. The van der Waals surface area contributed by atoms with Crippen LogP contribution in [0.1, 0.15) is 25.5 Å². The SMILES string of the molecule is CCN(CC(F)(F)F)c1ccc([C@H](C)O)cc1Cl. The Labute approximate surface area is 109 Å². The van der Waals surface area contributed by atoms with Crippen LogP contribution in [0.3, 0.4) is 0 Å². The van der Waals surface area contributed by atoms with Gasteiger partial charge in [0.05, 0.1) is 16.8 Å². The van der Waals surface area contributed by atoms with Gasteiger partial charge in [-0.1, -0.05) is 17.7 Å². The Balaban J connectivity index is 3.00. The summed E-state index contributed by atoms with van der Waals surface area (Å²) in [6.07, 6.45) is -4.98. The molecule has 1 N–H and O–H groups in total. The fraction of sp³-hybridized carbons (Fsp3) is 0.500. The molecule has 1 rings (SSSR count). The van der Waals surface area contributed by atoms with Crippen LogP contribution in [0.15, 0.2) is 18.2 Å². The maximum Gasteiger partial charge on any atom is 0.405 e. The number of aliphatic hydroxyl groups excluding tert-OH is 1. The van der Waals surface area contributed by atoms with E-state index in [1.807, 2.05) is 0 Å². The summed E-state index contributed by atoms with van der Waals surface area (Å²) in [6.45, 7) is 2.35. The lowest BCUT2D eigenvalue weighted by atomic mass is 10.1. The first-order valence-corrected chi connectivity index (χ1v) is 5.91. The standard InChI is InChI=1S/C12H15ClF3NO/c1-3-17(7-12(14,15)16)11-5-4-9(8(2)18)6-10(11)13/h4-6,8,18H,3,7H2,1-2H3/t8-/m0/s1. The van der Waals surface area contributed by atoms with E-state index in [1.54, 1.807) is 19.9 Å². The summed E-state index contributed by atoms with van der Waals surface area (Å²) in [4.78, 5) is 1.15. The van der Waals surface area contributed by atoms with E-state index in [1.165, 1.54) is 12.1 Å². The van der Waals surface area contributed by atoms with Gasteiger partial charge in [0.1, 0.15) is 6.54 Å². The van der Waals surface area contributed by atoms with Crippen molar-refractivity contribution in [2.75, 3.05) is 18.0 Å². The van der Waals surface area contributed by atoms with E-state index in [0.29, 0.717) is 11.3 Å². The van der Waals surface area contributed by atoms with E-state index in [2.05, 4.69) is 0 Å². The third-order valence-electron chi connectivity index (χ3n) is 2.55. The van der Waals surface area contributed by atoms with Crippen LogP contribution < -0.4 is 4.90 Å². The highest BCUT2D eigenvalue weighted by molar-refractivity contribution is 6.33. The van der Waals surface area contributed by atoms with E-state index >= 15 is 0 Å². The Morgan fingerprint density at radius 2 is 2.00 bits per heavy atom. The van der Waals surface area contributed by atoms with E-state index < -0.39 is 18.8 Å². The van der Waals surface area contributed by atoms with E-state index in [9.17, 15) is 18.3 Å². The Morgan fingerprint density at radius 1 is 1.39 bits per heavy atom. The number of aliphatic hydroxyl groups is 1. The summed E-state index contributed by atoms with van der Waals surface area (Å²) in [7, 11) is 0. The van der Waals surface area contributed by atoms with Crippen LogP contribution in [0.2, 0.25) is 5.02 Å². The lowest BCUT2D eigenvalue weighted by molar-refractivity contribution is -0.119. The number of rotatable bonds is 4. The van der Waals surface area contributed by atoms with Crippen LogP contribution in [-0.4, -0.2) is 24.4 Å². The van der Waals surface area contributed by atoms with Crippen molar-refractivity contribution in [2.24, 2.45) is 0 Å². The van der Waals surface area contributed by atoms with Gasteiger partial charge >= 0.3 is 6.18 Å². The number of hydrogen-bond acceptors (Lipinski definition) is 2. The molecule has 0 saturated carbocycles. The lowest BCUT2D eigenvalue weighted by Gasteiger charge is -2.25. The summed E-state index contributed by atoms with van der Waals surface area (Å²) in [5, 5.41) is 9.58. The van der Waals surface area contributed by atoms with Gasteiger partial charge in [-0.05, 0) is 31.5 Å². The number of hydrogen-bond donors (Lipinski definition) is 1. The summed E-state index contributed by atoms with van der Waals surface area (Å²) in [5.41, 5.74) is 0.896. The molecule has 18 heavy (non-hydrogen) atoms. The fourth-order valence-corrected chi connectivity index (χ4v) is 1.93. The molecule has 0 radical (unpaired) electrons. The van der Waals surface area contributed by atoms with Gasteiger partial charge in [-0.25, -0.2) is 0 Å². The Bertz CT molecular complexity index is 407. The van der Waals surface area contributed by atoms with Crippen LogP contribution in [0.5, 0.6) is 0 Å². The Kier molecular flexibility index (Phi) is 4.87. The van der Waals surface area contributed by atoms with Gasteiger partial charge in [-0.2, -0.15) is 13.2 Å². The number of alkyl halides is 3. The molecule has 0 unspecified atom stereocenters. The largest absolute Gasteiger partial charge is 0.405 e. The molecule has 1 aromatic carbocycles. The molecule has 2 nitrogen and oxygen atoms in total. The zero-order valence-electron chi connectivity index (χ0n) is 10.1. The molecule has 0 aromatic heterocycles. The van der Waals surface area contributed by atoms with Crippen LogP contribution in [0, 0.1) is 0 Å². The summed E-state index contributed by atoms with van der Waals surface area (Å²) >= 11 is 5.96. The van der Waals surface area contributed by atoms with Crippen molar-refractivity contribution in [1.29, 1.82) is 0 Å². The third-order valence-corrected chi connectivity index (χ3v) is 2.85. The van der Waals surface area contributed by atoms with Gasteiger partial charge in [0.15, 0.2) is 0 Å². The minimum atomic E-state index is -4.28. The molecule has 0 spiro atoms. The maximum atomic E-state index is 12.4. The molecule has 0 amide bonds. The number of nitrogens with zero attached hydrogens (tertiary/aromatic N) is 1. The molecule has 0 aliphatic rings. The predicted molar refractivity (Wildman–Crippen MR) is 66.0 cm³/mol. The smallest absolute Gasteiger partial charge is 0.389 e. The van der Waals surface area contributed by atoms with Gasteiger partial charge in [-0.15, -0.1) is 0 Å². The van der Waals surface area contributed by atoms with Crippen LogP contribution in [0.4, 0.5) is 18.9 Å². The highest BCUT2D eigenvalue weighted by Gasteiger charge is 2.31. The molecule has 0 saturated heterocycles. The number of halogens is 4. The van der Waals surface area contributed by atoms with Crippen molar-refractivity contribution in [1.82, 2.24) is 0 Å². The quantitative estimate of drug-likeness (QED) is 0.908. The zero-order chi connectivity index (χ0) is 13.9. The van der Waals surface area contributed by atoms with Gasteiger partial charge in [0, 0.05) is 6.54 Å². The molecular formula is C12H15ClF3NO. The van der Waals surface area contributed by atoms with Crippen LogP contribution >= 0.6 is 11.6 Å². The lowest BCUT2D eigenvalue weighted by Crippen LogP contribution is -2.34. The first kappa shape index (κ1) is 15.1. The van der Waals surface area contributed by atoms with Crippen molar-refractivity contribution >= 4 is 17.3 Å². The van der Waals surface area contributed by atoms with Crippen molar-refractivity contribution < 1.29 is 18.3 Å². The van der Waals surface area contributed by atoms with Crippen molar-refractivity contribution in [3.8, 4) is 0 Å². The topological polar surface area (TPSA) is 23.5 Å². The second kappa shape index (κ2) is 5.80. The molecular weight excluding hydrogens is 267 g/mol. The highest BCUT2D eigenvalue weighted by atomic mass is 35.5. The highest BCUT2D eigenvalue weighted by Crippen LogP contribution is 2.31. The van der Waals surface area contributed by atoms with E-state index in [4.69, 9.17) is 11.6 Å². The minimum absolute atomic E-state index is 0.202. The fourth-order valence-electron chi connectivity index (χ4n) is 1.62. The van der Waals surface area contributed by atoms with Gasteiger partial charge in [0.25, 0.3) is 0 Å². The monoisotopic (exact) mass is 281 g/mol. The average molecular weight is 282 g/mol. The zero-order valence-corrected chi connectivity index (χ0v) is 10.9. The molecule has 0 fully saturated rings. The molecule has 0 bridgehead atoms. The number of anilines is 1. The maximum absolute atomic E-state index is 12.4. The minimum Gasteiger partial charge on any atom is -0.389 e. The first-order valence-electron chi connectivity index (χ1n) is 5.53. The van der Waals surface area contributed by atoms with E-state index in [0.717, 1.165) is 4.90 Å². The summed E-state index contributed by atoms with van der Waals surface area (Å²) in [6, 6.07) is 4.56. The van der Waals surface area contributed by atoms with Gasteiger partial charge in [-0.3, -0.25) is 0 Å². The molecule has 6 heteroatoms. The first-order chi connectivity index (χ1) is 8.24. The molecule has 1 atom stereocenters. The normalized spacial score (nSPS) is 13.5. The molecule has 0 aliphatic carbocycles. The van der Waals surface area contributed by atoms with Crippen molar-refractivity contribution in [2.45, 2.75) is 26.1 Å². The van der Waals surface area contributed by atoms with E-state index in [-0.39, 0.29) is 11.6 Å². The van der Waals surface area contributed by atoms with Crippen LogP contribution in [-0.2, 0) is 0 Å². The predicted octanol–water partition coefficient (Wildman–Crippen LogP) is 3.78. The van der Waals surface area contributed by atoms with Gasteiger partial charge in [0.2, 0.25) is 0 Å². The van der Waals surface area contributed by atoms with Crippen molar-refractivity contribution in [3.05, 3.63) is 28.8 Å². The Morgan fingerprint density at radius 3 is 2.39 bits per heavy atom.